The molecule has 0 atom stereocenters. The molecule has 33 heavy (non-hydrogen) atoms. The summed E-state index contributed by atoms with van der Waals surface area (Å²) in [6.07, 6.45) is 2.20. The number of anilines is 1. The number of nitrogens with one attached hydrogen (secondary N) is 1. The van der Waals surface area contributed by atoms with Crippen LogP contribution >= 0.6 is 0 Å². The fourth-order valence-corrected chi connectivity index (χ4v) is 3.76. The monoisotopic (exact) mass is 446 g/mol. The number of amides is 1. The first kappa shape index (κ1) is 22.8. The summed E-state index contributed by atoms with van der Waals surface area (Å²) >= 11 is 0. The van der Waals surface area contributed by atoms with E-state index < -0.39 is 5.91 Å². The lowest BCUT2D eigenvalue weighted by molar-refractivity contribution is 0.0322. The second-order valence-electron chi connectivity index (χ2n) is 8.05. The number of benzene rings is 2. The lowest BCUT2D eigenvalue weighted by Gasteiger charge is -2.26. The normalized spacial score (nSPS) is 14.1. The van der Waals surface area contributed by atoms with Crippen LogP contribution < -0.4 is 15.8 Å². The number of hydrogen-bond acceptors (Lipinski definition) is 6. The Labute approximate surface area is 194 Å². The molecule has 0 spiro atoms. The molecule has 0 radical (unpaired) electrons. The van der Waals surface area contributed by atoms with Crippen molar-refractivity contribution in [3.8, 4) is 5.75 Å². The number of primary amides is 1. The number of aromatic nitrogens is 1. The van der Waals surface area contributed by atoms with Crippen molar-refractivity contribution >= 4 is 11.6 Å². The van der Waals surface area contributed by atoms with Crippen molar-refractivity contribution in [2.75, 3.05) is 44.8 Å². The molecule has 2 heterocycles. The number of carbonyl (C=O) groups excluding carboxylic acids is 1. The van der Waals surface area contributed by atoms with Gasteiger partial charge in [0.05, 0.1) is 24.5 Å². The average molecular weight is 447 g/mol. The minimum atomic E-state index is -0.497. The fraction of sp³-hybridized carbons (Fsp3) is 0.308. The second-order valence-corrected chi connectivity index (χ2v) is 8.05. The zero-order valence-corrected chi connectivity index (χ0v) is 18.7. The first-order chi connectivity index (χ1) is 16.2. The van der Waals surface area contributed by atoms with Crippen LogP contribution in [-0.4, -0.2) is 55.2 Å². The molecule has 172 valence electrons. The first-order valence-corrected chi connectivity index (χ1v) is 11.3. The SMILES string of the molecule is NC(=O)c1cnc(Cc2ccc(OCCN3CCOCC3)cc2)cc1NCc1ccccc1. The largest absolute Gasteiger partial charge is 0.492 e. The molecule has 0 aliphatic carbocycles. The quantitative estimate of drug-likeness (QED) is 0.498. The van der Waals surface area contributed by atoms with Crippen molar-refractivity contribution in [3.63, 3.8) is 0 Å². The van der Waals surface area contributed by atoms with Gasteiger partial charge in [0.1, 0.15) is 12.4 Å². The highest BCUT2D eigenvalue weighted by Gasteiger charge is 2.12. The van der Waals surface area contributed by atoms with Crippen molar-refractivity contribution in [2.24, 2.45) is 5.73 Å². The van der Waals surface area contributed by atoms with E-state index in [1.54, 1.807) is 6.20 Å². The third kappa shape index (κ3) is 6.78. The van der Waals surface area contributed by atoms with Gasteiger partial charge >= 0.3 is 0 Å². The van der Waals surface area contributed by atoms with Crippen LogP contribution in [-0.2, 0) is 17.7 Å². The number of carbonyl (C=O) groups is 1. The highest BCUT2D eigenvalue weighted by Crippen LogP contribution is 2.20. The van der Waals surface area contributed by atoms with Gasteiger partial charge in [0.25, 0.3) is 5.91 Å². The molecule has 3 aromatic rings. The number of ether oxygens (including phenoxy) is 2. The van der Waals surface area contributed by atoms with E-state index in [0.717, 1.165) is 55.4 Å². The summed E-state index contributed by atoms with van der Waals surface area (Å²) in [7, 11) is 0. The molecular formula is C26H30N4O3. The Morgan fingerprint density at radius 2 is 1.82 bits per heavy atom. The molecule has 7 nitrogen and oxygen atoms in total. The molecule has 3 N–H and O–H groups in total. The third-order valence-corrected chi connectivity index (χ3v) is 5.64. The standard InChI is InChI=1S/C26H30N4O3/c27-26(31)24-19-28-22(17-25(24)29-18-21-4-2-1-3-5-21)16-20-6-8-23(9-7-20)33-15-12-30-10-13-32-14-11-30/h1-9,17,19H,10-16,18H2,(H2,27,31)(H,28,29). The van der Waals surface area contributed by atoms with Crippen molar-refractivity contribution in [2.45, 2.75) is 13.0 Å². The van der Waals surface area contributed by atoms with Gasteiger partial charge in [0.15, 0.2) is 0 Å². The van der Waals surface area contributed by atoms with E-state index in [0.29, 0.717) is 30.8 Å². The van der Waals surface area contributed by atoms with E-state index in [1.165, 1.54) is 0 Å². The molecular weight excluding hydrogens is 416 g/mol. The molecule has 1 fully saturated rings. The van der Waals surface area contributed by atoms with Crippen LogP contribution in [0.1, 0.15) is 27.2 Å². The Balaban J connectivity index is 1.35. The van der Waals surface area contributed by atoms with Crippen LogP contribution in [0.2, 0.25) is 0 Å². The second kappa shape index (κ2) is 11.4. The maximum Gasteiger partial charge on any atom is 0.252 e. The van der Waals surface area contributed by atoms with Gasteiger partial charge in [-0.3, -0.25) is 14.7 Å². The first-order valence-electron chi connectivity index (χ1n) is 11.3. The van der Waals surface area contributed by atoms with Gasteiger partial charge in [0, 0.05) is 44.5 Å². The number of hydrogen-bond donors (Lipinski definition) is 2. The van der Waals surface area contributed by atoms with Crippen LogP contribution in [0.5, 0.6) is 5.75 Å². The number of rotatable bonds is 10. The highest BCUT2D eigenvalue weighted by molar-refractivity contribution is 5.98. The van der Waals surface area contributed by atoms with Gasteiger partial charge in [-0.15, -0.1) is 0 Å². The predicted molar refractivity (Wildman–Crippen MR) is 129 cm³/mol. The Morgan fingerprint density at radius 1 is 1.06 bits per heavy atom. The van der Waals surface area contributed by atoms with E-state index in [9.17, 15) is 4.79 Å². The molecule has 7 heteroatoms. The number of morpholine rings is 1. The van der Waals surface area contributed by atoms with Gasteiger partial charge in [0.2, 0.25) is 0 Å². The molecule has 2 aromatic carbocycles. The summed E-state index contributed by atoms with van der Waals surface area (Å²) in [5.74, 6) is 0.359. The molecule has 0 bridgehead atoms. The summed E-state index contributed by atoms with van der Waals surface area (Å²) in [6, 6.07) is 20.0. The van der Waals surface area contributed by atoms with E-state index in [4.69, 9.17) is 15.2 Å². The van der Waals surface area contributed by atoms with Gasteiger partial charge < -0.3 is 20.5 Å². The van der Waals surface area contributed by atoms with E-state index in [-0.39, 0.29) is 0 Å². The molecule has 1 amide bonds. The van der Waals surface area contributed by atoms with Gasteiger partial charge in [-0.25, -0.2) is 0 Å². The van der Waals surface area contributed by atoms with Crippen LogP contribution in [0.15, 0.2) is 66.9 Å². The van der Waals surface area contributed by atoms with Crippen molar-refractivity contribution in [1.82, 2.24) is 9.88 Å². The summed E-state index contributed by atoms with van der Waals surface area (Å²) in [5, 5.41) is 3.32. The van der Waals surface area contributed by atoms with E-state index >= 15 is 0 Å². The smallest absolute Gasteiger partial charge is 0.252 e. The highest BCUT2D eigenvalue weighted by atomic mass is 16.5. The van der Waals surface area contributed by atoms with Crippen LogP contribution in [0, 0.1) is 0 Å². The molecule has 1 aliphatic heterocycles. The molecule has 1 saturated heterocycles. The molecule has 4 rings (SSSR count). The maximum absolute atomic E-state index is 11.8. The summed E-state index contributed by atoms with van der Waals surface area (Å²) in [6.45, 7) is 5.68. The molecule has 0 unspecified atom stereocenters. The lowest BCUT2D eigenvalue weighted by Crippen LogP contribution is -2.38. The van der Waals surface area contributed by atoms with Crippen molar-refractivity contribution in [1.29, 1.82) is 0 Å². The van der Waals surface area contributed by atoms with E-state index in [1.807, 2.05) is 60.7 Å². The Morgan fingerprint density at radius 3 is 2.55 bits per heavy atom. The number of nitrogens with two attached hydrogens (primary N) is 1. The fourth-order valence-electron chi connectivity index (χ4n) is 3.76. The summed E-state index contributed by atoms with van der Waals surface area (Å²) in [4.78, 5) is 18.6. The van der Waals surface area contributed by atoms with Gasteiger partial charge in [-0.2, -0.15) is 0 Å². The van der Waals surface area contributed by atoms with Gasteiger partial charge in [-0.1, -0.05) is 42.5 Å². The average Bonchev–Trinajstić information content (AvgIpc) is 2.85. The van der Waals surface area contributed by atoms with Crippen molar-refractivity contribution in [3.05, 3.63) is 89.2 Å². The number of nitrogens with zero attached hydrogens (tertiary/aromatic N) is 2. The zero-order valence-electron chi connectivity index (χ0n) is 18.7. The Bertz CT molecular complexity index is 1040. The Kier molecular flexibility index (Phi) is 7.90. The van der Waals surface area contributed by atoms with Crippen molar-refractivity contribution < 1.29 is 14.3 Å². The maximum atomic E-state index is 11.8. The molecule has 1 aliphatic rings. The van der Waals surface area contributed by atoms with Crippen LogP contribution in [0.4, 0.5) is 5.69 Å². The van der Waals surface area contributed by atoms with Gasteiger partial charge in [-0.05, 0) is 29.3 Å². The van der Waals surface area contributed by atoms with Crippen LogP contribution in [0.3, 0.4) is 0 Å². The summed E-state index contributed by atoms with van der Waals surface area (Å²) < 4.78 is 11.3. The lowest BCUT2D eigenvalue weighted by atomic mass is 10.1. The van der Waals surface area contributed by atoms with Crippen LogP contribution in [0.25, 0.3) is 0 Å². The number of pyridine rings is 1. The Hall–Kier alpha value is -3.42. The zero-order chi connectivity index (χ0) is 22.9. The molecule has 1 aromatic heterocycles. The minimum Gasteiger partial charge on any atom is -0.492 e. The topological polar surface area (TPSA) is 89.7 Å². The summed E-state index contributed by atoms with van der Waals surface area (Å²) in [5.41, 5.74) is 9.72. The third-order valence-electron chi connectivity index (χ3n) is 5.64. The minimum absolute atomic E-state index is 0.388. The predicted octanol–water partition coefficient (Wildman–Crippen LogP) is 3.09. The van der Waals surface area contributed by atoms with E-state index in [2.05, 4.69) is 15.2 Å². The molecule has 0 saturated carbocycles.